The number of ether oxygens (including phenoxy) is 1. The molecule has 7 heteroatoms. The molecule has 7 nitrogen and oxygen atoms in total. The van der Waals surface area contributed by atoms with Gasteiger partial charge in [-0.1, -0.05) is 36.4 Å². The summed E-state index contributed by atoms with van der Waals surface area (Å²) in [6.07, 6.45) is 5.10. The van der Waals surface area contributed by atoms with Gasteiger partial charge in [-0.05, 0) is 23.8 Å². The molecule has 4 aromatic rings. The number of carbonyl (C=O) groups excluding carboxylic acids is 1. The van der Waals surface area contributed by atoms with Crippen LogP contribution in [0.15, 0.2) is 73.3 Å². The first-order valence-electron chi connectivity index (χ1n) is 9.77. The lowest BCUT2D eigenvalue weighted by molar-refractivity contribution is 0.0677. The van der Waals surface area contributed by atoms with Crippen molar-refractivity contribution in [1.82, 2.24) is 24.4 Å². The molecule has 0 aliphatic heterocycles. The minimum atomic E-state index is -0.121. The van der Waals surface area contributed by atoms with E-state index in [9.17, 15) is 4.79 Å². The summed E-state index contributed by atoms with van der Waals surface area (Å²) in [5, 5.41) is 0. The lowest BCUT2D eigenvalue weighted by Crippen LogP contribution is -2.33. The highest BCUT2D eigenvalue weighted by molar-refractivity contribution is 5.96. The fourth-order valence-corrected chi connectivity index (χ4v) is 3.29. The van der Waals surface area contributed by atoms with Crippen LogP contribution in [-0.4, -0.2) is 50.6 Å². The van der Waals surface area contributed by atoms with Crippen molar-refractivity contribution in [2.24, 2.45) is 0 Å². The van der Waals surface area contributed by atoms with Gasteiger partial charge in [0.05, 0.1) is 37.3 Å². The summed E-state index contributed by atoms with van der Waals surface area (Å²) in [5.41, 5.74) is 3.94. The molecule has 152 valence electrons. The molecule has 0 aliphatic carbocycles. The van der Waals surface area contributed by atoms with Crippen molar-refractivity contribution in [2.45, 2.75) is 13.1 Å². The molecule has 30 heavy (non-hydrogen) atoms. The van der Waals surface area contributed by atoms with Crippen LogP contribution in [0.1, 0.15) is 21.6 Å². The molecular formula is C23H23N5O2. The number of pyridine rings is 2. The van der Waals surface area contributed by atoms with Gasteiger partial charge in [0, 0.05) is 26.0 Å². The van der Waals surface area contributed by atoms with Crippen LogP contribution in [0.2, 0.25) is 0 Å². The van der Waals surface area contributed by atoms with Crippen molar-refractivity contribution in [3.05, 3.63) is 90.1 Å². The summed E-state index contributed by atoms with van der Waals surface area (Å²) in [7, 11) is 1.62. The Kier molecular flexibility index (Phi) is 6.10. The van der Waals surface area contributed by atoms with Crippen molar-refractivity contribution in [3.63, 3.8) is 0 Å². The quantitative estimate of drug-likeness (QED) is 0.453. The van der Waals surface area contributed by atoms with Crippen LogP contribution in [0.4, 0.5) is 0 Å². The Morgan fingerprint density at radius 1 is 1.07 bits per heavy atom. The number of fused-ring (bicyclic) bond motifs is 1. The molecule has 0 bridgehead atoms. The van der Waals surface area contributed by atoms with E-state index < -0.39 is 0 Å². The molecule has 0 atom stereocenters. The fraction of sp³-hybridized carbons (Fsp3) is 0.217. The third kappa shape index (κ3) is 4.52. The minimum absolute atomic E-state index is 0.121. The zero-order valence-electron chi connectivity index (χ0n) is 16.8. The first-order valence-corrected chi connectivity index (χ1v) is 9.77. The second-order valence-corrected chi connectivity index (χ2v) is 6.97. The summed E-state index contributed by atoms with van der Waals surface area (Å²) >= 11 is 0. The van der Waals surface area contributed by atoms with Crippen molar-refractivity contribution in [2.75, 3.05) is 20.3 Å². The van der Waals surface area contributed by atoms with E-state index in [0.29, 0.717) is 37.3 Å². The molecule has 0 spiro atoms. The summed E-state index contributed by atoms with van der Waals surface area (Å²) in [4.78, 5) is 28.2. The van der Waals surface area contributed by atoms with Gasteiger partial charge < -0.3 is 14.2 Å². The number of amides is 1. The molecule has 0 saturated heterocycles. The first kappa shape index (κ1) is 19.7. The van der Waals surface area contributed by atoms with E-state index in [0.717, 1.165) is 11.3 Å². The number of rotatable bonds is 8. The van der Waals surface area contributed by atoms with Crippen LogP contribution < -0.4 is 0 Å². The van der Waals surface area contributed by atoms with E-state index >= 15 is 0 Å². The topological polar surface area (TPSA) is 73.1 Å². The number of benzene rings is 1. The average Bonchev–Trinajstić information content (AvgIpc) is 3.19. The number of aromatic nitrogens is 4. The molecule has 0 radical (unpaired) electrons. The summed E-state index contributed by atoms with van der Waals surface area (Å²) in [5.74, 6) is -0.121. The Hall–Kier alpha value is -3.58. The molecule has 0 aliphatic rings. The normalized spacial score (nSPS) is 11.0. The van der Waals surface area contributed by atoms with Crippen molar-refractivity contribution in [1.29, 1.82) is 0 Å². The number of hydrogen-bond donors (Lipinski definition) is 0. The van der Waals surface area contributed by atoms with E-state index in [1.807, 2.05) is 41.0 Å². The van der Waals surface area contributed by atoms with Gasteiger partial charge in [-0.3, -0.25) is 9.78 Å². The lowest BCUT2D eigenvalue weighted by Gasteiger charge is -2.22. The van der Waals surface area contributed by atoms with Crippen LogP contribution in [0.25, 0.3) is 11.2 Å². The predicted molar refractivity (Wildman–Crippen MR) is 114 cm³/mol. The first-order chi connectivity index (χ1) is 14.7. The maximum atomic E-state index is 13.2. The molecule has 3 aromatic heterocycles. The van der Waals surface area contributed by atoms with E-state index in [1.54, 1.807) is 36.8 Å². The molecular weight excluding hydrogens is 378 g/mol. The van der Waals surface area contributed by atoms with Gasteiger partial charge in [0.15, 0.2) is 5.65 Å². The van der Waals surface area contributed by atoms with Gasteiger partial charge in [-0.25, -0.2) is 9.97 Å². The molecule has 0 N–H and O–H groups in total. The monoisotopic (exact) mass is 401 g/mol. The molecule has 4 rings (SSSR count). The third-order valence-electron chi connectivity index (χ3n) is 4.83. The maximum Gasteiger partial charge on any atom is 0.255 e. The highest BCUT2D eigenvalue weighted by atomic mass is 16.5. The molecule has 1 aromatic carbocycles. The Balaban J connectivity index is 1.56. The number of carbonyl (C=O) groups is 1. The van der Waals surface area contributed by atoms with Crippen LogP contribution in [0.3, 0.4) is 0 Å². The van der Waals surface area contributed by atoms with Crippen molar-refractivity contribution < 1.29 is 9.53 Å². The second kappa shape index (κ2) is 9.28. The standard InChI is InChI=1S/C23H23N5O2/c1-30-12-11-27(16-20-9-5-6-10-24-20)23(29)19-13-21-22(25-14-19)28(17-26-21)15-18-7-3-2-4-8-18/h2-10,13-14,17H,11-12,15-16H2,1H3. The third-order valence-corrected chi connectivity index (χ3v) is 4.83. The Morgan fingerprint density at radius 2 is 1.90 bits per heavy atom. The molecule has 3 heterocycles. The van der Waals surface area contributed by atoms with E-state index in [4.69, 9.17) is 4.74 Å². The molecule has 1 amide bonds. The van der Waals surface area contributed by atoms with Crippen LogP contribution >= 0.6 is 0 Å². The van der Waals surface area contributed by atoms with Gasteiger partial charge in [-0.2, -0.15) is 0 Å². The van der Waals surface area contributed by atoms with Crippen molar-refractivity contribution >= 4 is 17.1 Å². The average molecular weight is 401 g/mol. The molecule has 0 fully saturated rings. The van der Waals surface area contributed by atoms with Gasteiger partial charge in [0.25, 0.3) is 5.91 Å². The Labute approximate surface area is 175 Å². The van der Waals surface area contributed by atoms with Crippen molar-refractivity contribution in [3.8, 4) is 0 Å². The maximum absolute atomic E-state index is 13.2. The Morgan fingerprint density at radius 3 is 2.67 bits per heavy atom. The number of hydrogen-bond acceptors (Lipinski definition) is 5. The zero-order chi connectivity index (χ0) is 20.8. The van der Waals surface area contributed by atoms with E-state index in [-0.39, 0.29) is 5.91 Å². The molecule has 0 saturated carbocycles. The SMILES string of the molecule is COCCN(Cc1ccccn1)C(=O)c1cnc2c(c1)ncn2Cc1ccccc1. The smallest absolute Gasteiger partial charge is 0.255 e. The second-order valence-electron chi connectivity index (χ2n) is 6.97. The van der Waals surface area contributed by atoms with Crippen LogP contribution in [0, 0.1) is 0 Å². The molecule has 0 unspecified atom stereocenters. The number of methoxy groups -OCH3 is 1. The summed E-state index contributed by atoms with van der Waals surface area (Å²) in [6.45, 7) is 1.99. The predicted octanol–water partition coefficient (Wildman–Crippen LogP) is 3.16. The zero-order valence-corrected chi connectivity index (χ0v) is 16.8. The number of nitrogens with zero attached hydrogens (tertiary/aromatic N) is 5. The van der Waals surface area contributed by atoms with Gasteiger partial charge >= 0.3 is 0 Å². The van der Waals surface area contributed by atoms with Gasteiger partial charge in [0.1, 0.15) is 5.52 Å². The van der Waals surface area contributed by atoms with Gasteiger partial charge in [-0.15, -0.1) is 0 Å². The van der Waals surface area contributed by atoms with E-state index in [1.165, 1.54) is 5.56 Å². The van der Waals surface area contributed by atoms with Crippen LogP contribution in [0.5, 0.6) is 0 Å². The number of imidazole rings is 1. The Bertz CT molecular complexity index is 1110. The van der Waals surface area contributed by atoms with Gasteiger partial charge in [0.2, 0.25) is 0 Å². The minimum Gasteiger partial charge on any atom is -0.383 e. The highest BCUT2D eigenvalue weighted by Crippen LogP contribution is 2.16. The lowest BCUT2D eigenvalue weighted by atomic mass is 10.2. The van der Waals surface area contributed by atoms with E-state index in [2.05, 4.69) is 27.1 Å². The highest BCUT2D eigenvalue weighted by Gasteiger charge is 2.18. The summed E-state index contributed by atoms with van der Waals surface area (Å²) in [6, 6.07) is 17.6. The fourth-order valence-electron chi connectivity index (χ4n) is 3.29. The summed E-state index contributed by atoms with van der Waals surface area (Å²) < 4.78 is 7.16. The largest absolute Gasteiger partial charge is 0.383 e. The van der Waals surface area contributed by atoms with Crippen LogP contribution in [-0.2, 0) is 17.8 Å².